The molecule has 0 aromatic heterocycles. The summed E-state index contributed by atoms with van der Waals surface area (Å²) in [6, 6.07) is 0. The van der Waals surface area contributed by atoms with Gasteiger partial charge in [-0.1, -0.05) is 0 Å². The molecule has 0 bridgehead atoms. The Kier molecular flexibility index (Phi) is 1.06. The first-order valence-electron chi connectivity index (χ1n) is 3.58. The van der Waals surface area contributed by atoms with Gasteiger partial charge in [-0.25, -0.2) is 0 Å². The molecule has 3 heteroatoms. The second kappa shape index (κ2) is 1.72. The van der Waals surface area contributed by atoms with Crippen LogP contribution in [0.3, 0.4) is 0 Å². The van der Waals surface area contributed by atoms with E-state index in [0.717, 1.165) is 13.0 Å². The van der Waals surface area contributed by atoms with E-state index in [9.17, 15) is 4.79 Å². The van der Waals surface area contributed by atoms with Crippen LogP contribution in [0, 0.1) is 5.41 Å². The molecule has 2 aliphatic heterocycles. The van der Waals surface area contributed by atoms with Crippen LogP contribution in [0.15, 0.2) is 0 Å². The van der Waals surface area contributed by atoms with Crippen molar-refractivity contribution in [2.24, 2.45) is 5.41 Å². The molecule has 2 saturated heterocycles. The Morgan fingerprint density at radius 2 is 2.30 bits per heavy atom. The third-order valence-electron chi connectivity index (χ3n) is 2.48. The van der Waals surface area contributed by atoms with Gasteiger partial charge >= 0.3 is 0 Å². The van der Waals surface area contributed by atoms with Crippen LogP contribution in [-0.4, -0.2) is 37.6 Å². The first kappa shape index (κ1) is 6.16. The minimum atomic E-state index is -0.0885. The van der Waals surface area contributed by atoms with E-state index in [0.29, 0.717) is 13.2 Å². The van der Waals surface area contributed by atoms with Crippen molar-refractivity contribution in [1.29, 1.82) is 0 Å². The number of carbonyl (C=O) groups excluding carboxylic acids is 1. The van der Waals surface area contributed by atoms with Gasteiger partial charge in [0.25, 0.3) is 0 Å². The maximum atomic E-state index is 11.4. The number of nitrogens with zero attached hydrogens (tertiary/aromatic N) is 1. The summed E-state index contributed by atoms with van der Waals surface area (Å²) < 4.78 is 5.03. The summed E-state index contributed by atoms with van der Waals surface area (Å²) >= 11 is 0. The lowest BCUT2D eigenvalue weighted by Crippen LogP contribution is -2.48. The van der Waals surface area contributed by atoms with Gasteiger partial charge in [-0.05, 0) is 6.42 Å². The molecule has 0 aliphatic carbocycles. The van der Waals surface area contributed by atoms with E-state index >= 15 is 0 Å². The summed E-state index contributed by atoms with van der Waals surface area (Å²) in [6.07, 6.45) is 0.988. The van der Waals surface area contributed by atoms with Gasteiger partial charge in [-0.2, -0.15) is 0 Å². The number of carbonyl (C=O) groups is 1. The molecule has 0 aromatic rings. The number of hydrogen-bond donors (Lipinski definition) is 0. The Balaban J connectivity index is 2.18. The summed E-state index contributed by atoms with van der Waals surface area (Å²) in [7, 11) is 1.86. The predicted octanol–water partition coefficient (Wildman–Crippen LogP) is -0.135. The number of hydrogen-bond acceptors (Lipinski definition) is 2. The van der Waals surface area contributed by atoms with E-state index in [1.807, 2.05) is 7.05 Å². The van der Waals surface area contributed by atoms with Crippen molar-refractivity contribution in [2.75, 3.05) is 26.8 Å². The van der Waals surface area contributed by atoms with E-state index < -0.39 is 0 Å². The van der Waals surface area contributed by atoms with Gasteiger partial charge in [0, 0.05) is 13.6 Å². The summed E-state index contributed by atoms with van der Waals surface area (Å²) in [6.45, 7) is 2.20. The van der Waals surface area contributed by atoms with E-state index in [1.165, 1.54) is 0 Å². The predicted molar refractivity (Wildman–Crippen MR) is 35.5 cm³/mol. The van der Waals surface area contributed by atoms with Gasteiger partial charge in [0.2, 0.25) is 5.91 Å². The van der Waals surface area contributed by atoms with Gasteiger partial charge in [0.05, 0.1) is 18.6 Å². The second-order valence-electron chi connectivity index (χ2n) is 3.25. The molecule has 2 aliphatic rings. The molecule has 0 unspecified atom stereocenters. The Hall–Kier alpha value is -0.570. The summed E-state index contributed by atoms with van der Waals surface area (Å²) in [5, 5.41) is 0. The molecule has 0 radical (unpaired) electrons. The number of likely N-dealkylation sites (tertiary alicyclic amines) is 1. The molecular formula is C7H11NO2. The fraction of sp³-hybridized carbons (Fsp3) is 0.857. The smallest absolute Gasteiger partial charge is 0.233 e. The molecule has 2 rings (SSSR count). The lowest BCUT2D eigenvalue weighted by atomic mass is 9.84. The third-order valence-corrected chi connectivity index (χ3v) is 2.48. The molecule has 0 aromatic carbocycles. The highest BCUT2D eigenvalue weighted by Gasteiger charge is 2.51. The number of rotatable bonds is 0. The number of ether oxygens (including phenoxy) is 1. The first-order chi connectivity index (χ1) is 4.75. The zero-order valence-electron chi connectivity index (χ0n) is 6.09. The maximum absolute atomic E-state index is 11.4. The fourth-order valence-corrected chi connectivity index (χ4v) is 1.61. The van der Waals surface area contributed by atoms with Gasteiger partial charge < -0.3 is 9.64 Å². The zero-order valence-corrected chi connectivity index (χ0v) is 6.09. The maximum Gasteiger partial charge on any atom is 0.233 e. The van der Waals surface area contributed by atoms with E-state index in [1.54, 1.807) is 4.90 Å². The van der Waals surface area contributed by atoms with Gasteiger partial charge in [-0.15, -0.1) is 0 Å². The minimum Gasteiger partial charge on any atom is -0.379 e. The molecule has 56 valence electrons. The SMILES string of the molecule is CN1CCC2(COC2)C1=O. The van der Waals surface area contributed by atoms with Crippen LogP contribution >= 0.6 is 0 Å². The molecular weight excluding hydrogens is 130 g/mol. The van der Waals surface area contributed by atoms with Gasteiger partial charge in [0.15, 0.2) is 0 Å². The average molecular weight is 141 g/mol. The third kappa shape index (κ3) is 0.560. The van der Waals surface area contributed by atoms with Crippen molar-refractivity contribution in [1.82, 2.24) is 4.90 Å². The van der Waals surface area contributed by atoms with E-state index in [2.05, 4.69) is 0 Å². The highest BCUT2D eigenvalue weighted by molar-refractivity contribution is 5.85. The minimum absolute atomic E-state index is 0.0885. The van der Waals surface area contributed by atoms with E-state index in [4.69, 9.17) is 4.74 Å². The van der Waals surface area contributed by atoms with Crippen LogP contribution in [0.1, 0.15) is 6.42 Å². The number of amides is 1. The molecule has 1 amide bonds. The van der Waals surface area contributed by atoms with E-state index in [-0.39, 0.29) is 11.3 Å². The molecule has 0 N–H and O–H groups in total. The van der Waals surface area contributed by atoms with Crippen molar-refractivity contribution in [2.45, 2.75) is 6.42 Å². The van der Waals surface area contributed by atoms with Crippen LogP contribution in [0.2, 0.25) is 0 Å². The highest BCUT2D eigenvalue weighted by Crippen LogP contribution is 2.37. The van der Waals surface area contributed by atoms with Gasteiger partial charge in [0.1, 0.15) is 0 Å². The fourth-order valence-electron chi connectivity index (χ4n) is 1.61. The monoisotopic (exact) mass is 141 g/mol. The Morgan fingerprint density at radius 1 is 1.60 bits per heavy atom. The van der Waals surface area contributed by atoms with Crippen molar-refractivity contribution < 1.29 is 9.53 Å². The molecule has 10 heavy (non-hydrogen) atoms. The Bertz CT molecular complexity index is 174. The second-order valence-corrected chi connectivity index (χ2v) is 3.25. The van der Waals surface area contributed by atoms with Crippen molar-refractivity contribution in [3.05, 3.63) is 0 Å². The highest BCUT2D eigenvalue weighted by atomic mass is 16.5. The lowest BCUT2D eigenvalue weighted by molar-refractivity contribution is -0.160. The molecule has 1 spiro atoms. The average Bonchev–Trinajstić information content (AvgIpc) is 2.10. The molecule has 0 atom stereocenters. The molecule has 3 nitrogen and oxygen atoms in total. The largest absolute Gasteiger partial charge is 0.379 e. The molecule has 2 fully saturated rings. The van der Waals surface area contributed by atoms with Crippen molar-refractivity contribution >= 4 is 5.91 Å². The zero-order chi connectivity index (χ0) is 7.19. The summed E-state index contributed by atoms with van der Waals surface area (Å²) in [5.74, 6) is 0.277. The normalized spacial score (nSPS) is 29.3. The topological polar surface area (TPSA) is 29.5 Å². The van der Waals surface area contributed by atoms with Crippen molar-refractivity contribution in [3.8, 4) is 0 Å². The summed E-state index contributed by atoms with van der Waals surface area (Å²) in [4.78, 5) is 13.1. The van der Waals surface area contributed by atoms with Crippen LogP contribution in [0.4, 0.5) is 0 Å². The van der Waals surface area contributed by atoms with Gasteiger partial charge in [-0.3, -0.25) is 4.79 Å². The quantitative estimate of drug-likeness (QED) is 0.470. The standard InChI is InChI=1S/C7H11NO2/c1-8-3-2-7(6(8)9)4-10-5-7/h2-5H2,1H3. The molecule has 0 saturated carbocycles. The van der Waals surface area contributed by atoms with Crippen molar-refractivity contribution in [3.63, 3.8) is 0 Å². The van der Waals surface area contributed by atoms with Crippen LogP contribution in [0.5, 0.6) is 0 Å². The van der Waals surface area contributed by atoms with Crippen LogP contribution < -0.4 is 0 Å². The molecule has 2 heterocycles. The Morgan fingerprint density at radius 3 is 2.50 bits per heavy atom. The lowest BCUT2D eigenvalue weighted by Gasteiger charge is -2.35. The van der Waals surface area contributed by atoms with Crippen LogP contribution in [-0.2, 0) is 9.53 Å². The van der Waals surface area contributed by atoms with Crippen LogP contribution in [0.25, 0.3) is 0 Å². The summed E-state index contributed by atoms with van der Waals surface area (Å²) in [5.41, 5.74) is -0.0885. The Labute approximate surface area is 60.0 Å². The first-order valence-corrected chi connectivity index (χ1v) is 3.58.